The van der Waals surface area contributed by atoms with Crippen LogP contribution in [0, 0.1) is 0 Å². The maximum Gasteiger partial charge on any atom is 0.125 e. The molecule has 44 heavy (non-hydrogen) atoms. The summed E-state index contributed by atoms with van der Waals surface area (Å²) in [5.41, 5.74) is 9.92. The molecule has 0 heterocycles. The van der Waals surface area contributed by atoms with Crippen molar-refractivity contribution in [2.24, 2.45) is 0 Å². The Morgan fingerprint density at radius 2 is 0.795 bits per heavy atom. The molecular weight excluding hydrogens is 544 g/mol. The zero-order valence-electron chi connectivity index (χ0n) is 27.7. The first-order valence-electron chi connectivity index (χ1n) is 15.9. The van der Waals surface area contributed by atoms with Crippen LogP contribution in [0.2, 0.25) is 0 Å². The van der Waals surface area contributed by atoms with Crippen LogP contribution in [0.4, 0.5) is 0 Å². The minimum Gasteiger partial charge on any atom is -0.507 e. The van der Waals surface area contributed by atoms with Crippen LogP contribution in [0.5, 0.6) is 23.0 Å². The molecule has 5 rings (SSSR count). The van der Waals surface area contributed by atoms with Gasteiger partial charge in [-0.15, -0.1) is 0 Å². The van der Waals surface area contributed by atoms with Crippen LogP contribution in [0.3, 0.4) is 0 Å². The van der Waals surface area contributed by atoms with Crippen LogP contribution in [0.1, 0.15) is 110 Å². The van der Waals surface area contributed by atoms with Gasteiger partial charge in [0.05, 0.1) is 14.2 Å². The number of rotatable bonds is 6. The molecule has 0 unspecified atom stereocenters. The van der Waals surface area contributed by atoms with Gasteiger partial charge in [0.2, 0.25) is 0 Å². The van der Waals surface area contributed by atoms with Crippen LogP contribution < -0.4 is 9.47 Å². The van der Waals surface area contributed by atoms with Crippen LogP contribution in [0.25, 0.3) is 0 Å². The van der Waals surface area contributed by atoms with Crippen molar-refractivity contribution in [2.45, 2.75) is 90.9 Å². The number of fused-ring (bicyclic) bond motifs is 8. The van der Waals surface area contributed by atoms with E-state index < -0.39 is 0 Å². The molecule has 232 valence electrons. The SMILES string of the molecule is CCC(C)(C)c1cc2c(OC)c(c1)Cc1cccc(c1O)Cc1cc(C(C)(C)CC)cc(c1OC)Cc1cccc(c1O)C2. The van der Waals surface area contributed by atoms with E-state index in [2.05, 4.69) is 65.8 Å². The molecule has 1 aliphatic rings. The van der Waals surface area contributed by atoms with Gasteiger partial charge in [0.25, 0.3) is 0 Å². The number of ether oxygens (including phenoxy) is 2. The summed E-state index contributed by atoms with van der Waals surface area (Å²) in [7, 11) is 3.43. The number of para-hydroxylation sites is 2. The third-order valence-electron chi connectivity index (χ3n) is 10.2. The van der Waals surface area contributed by atoms with Gasteiger partial charge in [-0.2, -0.15) is 0 Å². The van der Waals surface area contributed by atoms with Gasteiger partial charge in [-0.05, 0) is 79.3 Å². The van der Waals surface area contributed by atoms with Crippen molar-refractivity contribution < 1.29 is 19.7 Å². The molecule has 0 fully saturated rings. The van der Waals surface area contributed by atoms with Crippen molar-refractivity contribution in [2.75, 3.05) is 14.2 Å². The number of phenolic OH excluding ortho intramolecular Hbond substituents is 2. The topological polar surface area (TPSA) is 58.9 Å². The van der Waals surface area contributed by atoms with E-state index in [1.807, 2.05) is 36.4 Å². The van der Waals surface area contributed by atoms with Gasteiger partial charge < -0.3 is 19.7 Å². The Kier molecular flexibility index (Phi) is 8.75. The van der Waals surface area contributed by atoms with E-state index >= 15 is 0 Å². The lowest BCUT2D eigenvalue weighted by Crippen LogP contribution is -2.17. The van der Waals surface area contributed by atoms with Gasteiger partial charge in [0.15, 0.2) is 0 Å². The Morgan fingerprint density at radius 1 is 0.523 bits per heavy atom. The molecule has 8 bridgehead atoms. The van der Waals surface area contributed by atoms with Gasteiger partial charge in [-0.25, -0.2) is 0 Å². The molecule has 0 spiro atoms. The standard InChI is InChI=1S/C40H48O4/c1-9-39(3,4)33-21-29-17-25-13-11-15-27(35(25)41)19-31-23-34(40(5,6)10-2)24-32(38(31)44-8)20-28-16-12-14-26(36(28)42)18-30(22-33)37(29)43-7/h11-16,21-24,41-42H,9-10,17-20H2,1-8H3. The number of hydrogen-bond acceptors (Lipinski definition) is 4. The molecule has 2 N–H and O–H groups in total. The summed E-state index contributed by atoms with van der Waals surface area (Å²) in [6.45, 7) is 13.5. The highest BCUT2D eigenvalue weighted by molar-refractivity contribution is 5.57. The smallest absolute Gasteiger partial charge is 0.125 e. The highest BCUT2D eigenvalue weighted by Gasteiger charge is 2.26. The van der Waals surface area contributed by atoms with Crippen molar-refractivity contribution in [1.29, 1.82) is 0 Å². The van der Waals surface area contributed by atoms with Crippen molar-refractivity contribution >= 4 is 0 Å². The van der Waals surface area contributed by atoms with Crippen molar-refractivity contribution in [3.63, 3.8) is 0 Å². The van der Waals surface area contributed by atoms with Crippen molar-refractivity contribution in [3.8, 4) is 23.0 Å². The summed E-state index contributed by atoms with van der Waals surface area (Å²) in [6.07, 6.45) is 4.08. The molecule has 0 saturated carbocycles. The van der Waals surface area contributed by atoms with E-state index in [9.17, 15) is 10.2 Å². The molecule has 0 aromatic heterocycles. The Hall–Kier alpha value is -3.92. The highest BCUT2D eigenvalue weighted by atomic mass is 16.5. The number of benzene rings is 4. The maximum atomic E-state index is 11.7. The second-order valence-corrected chi connectivity index (χ2v) is 13.7. The lowest BCUT2D eigenvalue weighted by atomic mass is 9.79. The normalized spacial score (nSPS) is 13.5. The molecule has 4 aromatic rings. The summed E-state index contributed by atoms with van der Waals surface area (Å²) in [6, 6.07) is 21.1. The summed E-state index contributed by atoms with van der Waals surface area (Å²) < 4.78 is 12.2. The van der Waals surface area contributed by atoms with Crippen LogP contribution >= 0.6 is 0 Å². The fraction of sp³-hybridized carbons (Fsp3) is 0.400. The van der Waals surface area contributed by atoms with Crippen LogP contribution in [-0.2, 0) is 36.5 Å². The van der Waals surface area contributed by atoms with E-state index in [1.54, 1.807) is 14.2 Å². The second kappa shape index (κ2) is 12.2. The maximum absolute atomic E-state index is 11.7. The lowest BCUT2D eigenvalue weighted by Gasteiger charge is -2.27. The Bertz CT molecular complexity index is 1460. The van der Waals surface area contributed by atoms with E-state index in [4.69, 9.17) is 9.47 Å². The first-order chi connectivity index (χ1) is 20.9. The summed E-state index contributed by atoms with van der Waals surface area (Å²) in [5.74, 6) is 2.24. The average Bonchev–Trinajstić information content (AvgIpc) is 3.00. The monoisotopic (exact) mass is 592 g/mol. The van der Waals surface area contributed by atoms with Crippen LogP contribution in [0.15, 0.2) is 60.7 Å². The molecular formula is C40H48O4. The Labute approximate surface area is 263 Å². The summed E-state index contributed by atoms with van der Waals surface area (Å²) in [4.78, 5) is 0. The van der Waals surface area contributed by atoms with Crippen molar-refractivity contribution in [1.82, 2.24) is 0 Å². The third-order valence-corrected chi connectivity index (χ3v) is 10.2. The minimum absolute atomic E-state index is 0.0480. The average molecular weight is 593 g/mol. The molecule has 4 aromatic carbocycles. The third kappa shape index (κ3) is 5.92. The minimum atomic E-state index is -0.0480. The zero-order chi connectivity index (χ0) is 31.8. The van der Waals surface area contributed by atoms with Gasteiger partial charge in [-0.1, -0.05) is 102 Å². The lowest BCUT2D eigenvalue weighted by molar-refractivity contribution is 0.402. The molecule has 0 amide bonds. The predicted octanol–water partition coefficient (Wildman–Crippen LogP) is 9.17. The Morgan fingerprint density at radius 3 is 1.02 bits per heavy atom. The fourth-order valence-electron chi connectivity index (χ4n) is 6.43. The van der Waals surface area contributed by atoms with E-state index in [0.717, 1.165) is 68.8 Å². The van der Waals surface area contributed by atoms with Crippen molar-refractivity contribution in [3.05, 3.63) is 116 Å². The first kappa shape index (κ1) is 31.5. The number of hydrogen-bond donors (Lipinski definition) is 2. The van der Waals surface area contributed by atoms with E-state index in [-0.39, 0.29) is 10.8 Å². The molecule has 0 radical (unpaired) electrons. The second-order valence-electron chi connectivity index (χ2n) is 13.7. The molecule has 0 saturated heterocycles. The number of methoxy groups -OCH3 is 2. The zero-order valence-corrected chi connectivity index (χ0v) is 27.7. The first-order valence-corrected chi connectivity index (χ1v) is 15.9. The number of phenols is 2. The highest BCUT2D eigenvalue weighted by Crippen LogP contribution is 2.42. The molecule has 4 nitrogen and oxygen atoms in total. The van der Waals surface area contributed by atoms with E-state index in [0.29, 0.717) is 37.2 Å². The van der Waals surface area contributed by atoms with Gasteiger partial charge in [0.1, 0.15) is 23.0 Å². The largest absolute Gasteiger partial charge is 0.507 e. The van der Waals surface area contributed by atoms with E-state index in [1.165, 1.54) is 11.1 Å². The van der Waals surface area contributed by atoms with Crippen LogP contribution in [-0.4, -0.2) is 24.4 Å². The Balaban J connectivity index is 1.81. The molecule has 1 aliphatic carbocycles. The van der Waals surface area contributed by atoms with Gasteiger partial charge in [0, 0.05) is 25.7 Å². The molecule has 0 aliphatic heterocycles. The predicted molar refractivity (Wildman–Crippen MR) is 180 cm³/mol. The van der Waals surface area contributed by atoms with Gasteiger partial charge >= 0.3 is 0 Å². The summed E-state index contributed by atoms with van der Waals surface area (Å²) >= 11 is 0. The quantitative estimate of drug-likeness (QED) is 0.206. The molecule has 4 heteroatoms. The summed E-state index contributed by atoms with van der Waals surface area (Å²) in [5, 5.41) is 23.5. The fourth-order valence-corrected chi connectivity index (χ4v) is 6.43. The number of aromatic hydroxyl groups is 2. The molecule has 0 atom stereocenters. The van der Waals surface area contributed by atoms with Gasteiger partial charge in [-0.3, -0.25) is 0 Å².